The summed E-state index contributed by atoms with van der Waals surface area (Å²) in [5.74, 6) is -0.421. The van der Waals surface area contributed by atoms with Crippen molar-refractivity contribution in [2.24, 2.45) is 0 Å². The van der Waals surface area contributed by atoms with Crippen LogP contribution in [0.1, 0.15) is 17.0 Å². The molecule has 32 heavy (non-hydrogen) atoms. The minimum atomic E-state index is -0.421. The first kappa shape index (κ1) is 20.9. The lowest BCUT2D eigenvalue weighted by atomic mass is 10.1. The van der Waals surface area contributed by atoms with Crippen LogP contribution in [0.15, 0.2) is 96.6 Å². The maximum absolute atomic E-state index is 12.6. The van der Waals surface area contributed by atoms with Gasteiger partial charge < -0.3 is 9.88 Å². The van der Waals surface area contributed by atoms with Crippen molar-refractivity contribution in [3.63, 3.8) is 0 Å². The number of anilines is 1. The van der Waals surface area contributed by atoms with Crippen molar-refractivity contribution in [3.05, 3.63) is 114 Å². The van der Waals surface area contributed by atoms with Gasteiger partial charge in [0.15, 0.2) is 0 Å². The minimum Gasteiger partial charge on any atom is -0.321 e. The number of amides is 1. The molecular weight excluding hydrogens is 394 g/mol. The van der Waals surface area contributed by atoms with E-state index in [1.54, 1.807) is 18.2 Å². The summed E-state index contributed by atoms with van der Waals surface area (Å²) in [5.41, 5.74) is 6.92. The number of hydrogen-bond donors (Lipinski definition) is 1. The molecule has 1 aromatic heterocycles. The fourth-order valence-electron chi connectivity index (χ4n) is 3.79. The van der Waals surface area contributed by atoms with E-state index in [0.717, 1.165) is 28.2 Å². The third kappa shape index (κ3) is 4.38. The van der Waals surface area contributed by atoms with Gasteiger partial charge in [0.2, 0.25) is 0 Å². The number of carbonyl (C=O) groups excluding carboxylic acids is 1. The van der Waals surface area contributed by atoms with Crippen molar-refractivity contribution in [1.29, 1.82) is 5.26 Å². The average molecular weight is 418 g/mol. The molecule has 0 aliphatic heterocycles. The molecule has 0 radical (unpaired) electrons. The highest BCUT2D eigenvalue weighted by molar-refractivity contribution is 6.09. The van der Waals surface area contributed by atoms with E-state index < -0.39 is 5.91 Å². The molecule has 0 fully saturated rings. The summed E-state index contributed by atoms with van der Waals surface area (Å²) >= 11 is 0. The first-order valence-electron chi connectivity index (χ1n) is 10.4. The van der Waals surface area contributed by atoms with Crippen molar-refractivity contribution in [2.75, 3.05) is 5.32 Å². The summed E-state index contributed by atoms with van der Waals surface area (Å²) in [6, 6.07) is 31.8. The quantitative estimate of drug-likeness (QED) is 0.306. The SMILES string of the molecule is Cc1cc(/C=C(\C#N)C(=O)Nc2ccccc2)c(C)n1-c1ccc(-c2ccccc2)cc1. The predicted octanol–water partition coefficient (Wildman–Crippen LogP) is 6.31. The van der Waals surface area contributed by atoms with Gasteiger partial charge in [0, 0.05) is 22.8 Å². The highest BCUT2D eigenvalue weighted by Crippen LogP contribution is 2.26. The molecule has 0 atom stereocenters. The van der Waals surface area contributed by atoms with E-state index in [-0.39, 0.29) is 5.57 Å². The smallest absolute Gasteiger partial charge is 0.266 e. The van der Waals surface area contributed by atoms with Crippen LogP contribution in [0.2, 0.25) is 0 Å². The van der Waals surface area contributed by atoms with E-state index in [2.05, 4.69) is 46.3 Å². The van der Waals surface area contributed by atoms with Crippen LogP contribution in [0.5, 0.6) is 0 Å². The van der Waals surface area contributed by atoms with Crippen LogP contribution in [-0.4, -0.2) is 10.5 Å². The van der Waals surface area contributed by atoms with Crippen LogP contribution in [-0.2, 0) is 4.79 Å². The fraction of sp³-hybridized carbons (Fsp3) is 0.0714. The normalized spacial score (nSPS) is 11.1. The number of nitrogens with zero attached hydrogens (tertiary/aromatic N) is 2. The van der Waals surface area contributed by atoms with E-state index in [1.807, 2.05) is 62.4 Å². The molecule has 4 nitrogen and oxygen atoms in total. The Hall–Kier alpha value is -4.36. The van der Waals surface area contributed by atoms with Crippen molar-refractivity contribution in [1.82, 2.24) is 4.57 Å². The fourth-order valence-corrected chi connectivity index (χ4v) is 3.79. The molecule has 0 unspecified atom stereocenters. The molecule has 156 valence electrons. The van der Waals surface area contributed by atoms with Crippen LogP contribution in [0.3, 0.4) is 0 Å². The Bertz CT molecular complexity index is 1310. The molecular formula is C28H23N3O. The van der Waals surface area contributed by atoms with Gasteiger partial charge in [-0.3, -0.25) is 4.79 Å². The van der Waals surface area contributed by atoms with Crippen molar-refractivity contribution >= 4 is 17.7 Å². The van der Waals surface area contributed by atoms with Crippen LogP contribution < -0.4 is 5.32 Å². The molecule has 4 heteroatoms. The lowest BCUT2D eigenvalue weighted by Crippen LogP contribution is -2.13. The van der Waals surface area contributed by atoms with E-state index in [9.17, 15) is 10.1 Å². The number of nitriles is 1. The van der Waals surface area contributed by atoms with Gasteiger partial charge in [0.1, 0.15) is 11.6 Å². The summed E-state index contributed by atoms with van der Waals surface area (Å²) in [4.78, 5) is 12.6. The first-order valence-corrected chi connectivity index (χ1v) is 10.4. The van der Waals surface area contributed by atoms with E-state index in [1.165, 1.54) is 5.56 Å². The van der Waals surface area contributed by atoms with Gasteiger partial charge in [-0.1, -0.05) is 60.7 Å². The summed E-state index contributed by atoms with van der Waals surface area (Å²) < 4.78 is 2.13. The van der Waals surface area contributed by atoms with Crippen LogP contribution in [0.4, 0.5) is 5.69 Å². The Balaban J connectivity index is 1.62. The Labute approximate surface area is 188 Å². The third-order valence-electron chi connectivity index (χ3n) is 5.40. The maximum atomic E-state index is 12.6. The molecule has 1 heterocycles. The zero-order valence-electron chi connectivity index (χ0n) is 18.0. The highest BCUT2D eigenvalue weighted by Gasteiger charge is 2.14. The van der Waals surface area contributed by atoms with Crippen molar-refractivity contribution in [2.45, 2.75) is 13.8 Å². The summed E-state index contributed by atoms with van der Waals surface area (Å²) in [7, 11) is 0. The van der Waals surface area contributed by atoms with Crippen LogP contribution in [0, 0.1) is 25.2 Å². The first-order chi connectivity index (χ1) is 15.6. The number of para-hydroxylation sites is 1. The van der Waals surface area contributed by atoms with E-state index in [4.69, 9.17) is 0 Å². The molecule has 0 aliphatic carbocycles. The molecule has 0 saturated carbocycles. The predicted molar refractivity (Wildman–Crippen MR) is 129 cm³/mol. The van der Waals surface area contributed by atoms with Gasteiger partial charge in [-0.2, -0.15) is 5.26 Å². The zero-order valence-corrected chi connectivity index (χ0v) is 18.0. The van der Waals surface area contributed by atoms with Crippen LogP contribution >= 0.6 is 0 Å². The molecule has 0 aliphatic rings. The topological polar surface area (TPSA) is 57.8 Å². The van der Waals surface area contributed by atoms with Gasteiger partial charge >= 0.3 is 0 Å². The summed E-state index contributed by atoms with van der Waals surface area (Å²) in [6.07, 6.45) is 1.65. The van der Waals surface area contributed by atoms with Gasteiger partial charge in [-0.15, -0.1) is 0 Å². The van der Waals surface area contributed by atoms with Gasteiger partial charge in [0.25, 0.3) is 5.91 Å². The lowest BCUT2D eigenvalue weighted by molar-refractivity contribution is -0.112. The second-order valence-electron chi connectivity index (χ2n) is 7.56. The average Bonchev–Trinajstić information content (AvgIpc) is 3.11. The second kappa shape index (κ2) is 9.20. The number of aromatic nitrogens is 1. The number of hydrogen-bond acceptors (Lipinski definition) is 2. The highest BCUT2D eigenvalue weighted by atomic mass is 16.1. The molecule has 1 N–H and O–H groups in total. The second-order valence-corrected chi connectivity index (χ2v) is 7.56. The Morgan fingerprint density at radius 1 is 0.875 bits per heavy atom. The number of rotatable bonds is 5. The molecule has 1 amide bonds. The molecule has 0 spiro atoms. The third-order valence-corrected chi connectivity index (χ3v) is 5.40. The Morgan fingerprint density at radius 3 is 2.09 bits per heavy atom. The van der Waals surface area contributed by atoms with Crippen molar-refractivity contribution in [3.8, 4) is 22.9 Å². The molecule has 0 saturated heterocycles. The summed E-state index contributed by atoms with van der Waals surface area (Å²) in [6.45, 7) is 4.01. The number of aryl methyl sites for hydroxylation is 1. The number of nitrogens with one attached hydrogen (secondary N) is 1. The van der Waals surface area contributed by atoms with Crippen molar-refractivity contribution < 1.29 is 4.79 Å². The minimum absolute atomic E-state index is 0.0635. The Kier molecular flexibility index (Phi) is 6.00. The van der Waals surface area contributed by atoms with E-state index in [0.29, 0.717) is 5.69 Å². The number of carbonyl (C=O) groups is 1. The zero-order chi connectivity index (χ0) is 22.5. The monoisotopic (exact) mass is 417 g/mol. The standard InChI is InChI=1S/C28H23N3O/c1-20-17-24(18-25(19-29)28(32)30-26-11-7-4-8-12-26)21(2)31(20)27-15-13-23(14-16-27)22-9-5-3-6-10-22/h3-18H,1-2H3,(H,30,32)/b25-18+. The molecule has 3 aromatic carbocycles. The summed E-state index contributed by atoms with van der Waals surface area (Å²) in [5, 5.41) is 12.3. The van der Waals surface area contributed by atoms with Gasteiger partial charge in [0.05, 0.1) is 0 Å². The molecule has 4 rings (SSSR count). The Morgan fingerprint density at radius 2 is 1.47 bits per heavy atom. The molecule has 0 bridgehead atoms. The van der Waals surface area contributed by atoms with Gasteiger partial charge in [-0.25, -0.2) is 0 Å². The van der Waals surface area contributed by atoms with Crippen LogP contribution in [0.25, 0.3) is 22.9 Å². The lowest BCUT2D eigenvalue weighted by Gasteiger charge is -2.11. The largest absolute Gasteiger partial charge is 0.321 e. The number of benzene rings is 3. The van der Waals surface area contributed by atoms with E-state index >= 15 is 0 Å². The maximum Gasteiger partial charge on any atom is 0.266 e. The van der Waals surface area contributed by atoms with Gasteiger partial charge in [-0.05, 0) is 66.9 Å². The molecule has 4 aromatic rings.